The predicted octanol–water partition coefficient (Wildman–Crippen LogP) is 2.70. The summed E-state index contributed by atoms with van der Waals surface area (Å²) in [5, 5.41) is 3.00. The highest BCUT2D eigenvalue weighted by Crippen LogP contribution is 2.26. The molecule has 0 unspecified atom stereocenters. The summed E-state index contributed by atoms with van der Waals surface area (Å²) in [5.41, 5.74) is 2.95. The van der Waals surface area contributed by atoms with Crippen LogP contribution in [0.5, 0.6) is 0 Å². The molecule has 32 heavy (non-hydrogen) atoms. The Bertz CT molecular complexity index is 1180. The Labute approximate surface area is 193 Å². The number of nitrogens with zero attached hydrogens (tertiary/aromatic N) is 6. The summed E-state index contributed by atoms with van der Waals surface area (Å²) >= 11 is 1.59. The second-order valence-electron chi connectivity index (χ2n) is 8.27. The van der Waals surface area contributed by atoms with Crippen molar-refractivity contribution in [3.05, 3.63) is 47.1 Å². The SMILES string of the molecule is Cc1cc(N2CCN(Cc3csc(-c4ccc(S(C)(=O)=O)cc4)n3)CC2)nc(N(C)C)n1. The zero-order valence-corrected chi connectivity index (χ0v) is 20.4. The molecule has 0 amide bonds. The van der Waals surface area contributed by atoms with Gasteiger partial charge in [-0.1, -0.05) is 12.1 Å². The first kappa shape index (κ1) is 22.6. The van der Waals surface area contributed by atoms with Gasteiger partial charge in [-0.2, -0.15) is 4.98 Å². The van der Waals surface area contributed by atoms with E-state index in [1.807, 2.05) is 44.1 Å². The van der Waals surface area contributed by atoms with Gasteiger partial charge in [-0.05, 0) is 19.1 Å². The maximum Gasteiger partial charge on any atom is 0.226 e. The molecule has 1 saturated heterocycles. The Morgan fingerprint density at radius 3 is 2.34 bits per heavy atom. The highest BCUT2D eigenvalue weighted by molar-refractivity contribution is 7.90. The summed E-state index contributed by atoms with van der Waals surface area (Å²) in [6, 6.07) is 8.97. The average Bonchev–Trinajstić information content (AvgIpc) is 3.22. The monoisotopic (exact) mass is 472 g/mol. The quantitative estimate of drug-likeness (QED) is 0.542. The first-order valence-electron chi connectivity index (χ1n) is 10.4. The molecule has 0 spiro atoms. The van der Waals surface area contributed by atoms with Gasteiger partial charge in [-0.15, -0.1) is 11.3 Å². The first-order chi connectivity index (χ1) is 15.2. The number of rotatable bonds is 6. The summed E-state index contributed by atoms with van der Waals surface area (Å²) in [4.78, 5) is 20.9. The molecular formula is C22H28N6O2S2. The maximum atomic E-state index is 11.7. The molecule has 10 heteroatoms. The van der Waals surface area contributed by atoms with Crippen molar-refractivity contribution < 1.29 is 8.42 Å². The van der Waals surface area contributed by atoms with Crippen LogP contribution < -0.4 is 9.80 Å². The van der Waals surface area contributed by atoms with E-state index in [4.69, 9.17) is 9.97 Å². The fourth-order valence-electron chi connectivity index (χ4n) is 3.62. The van der Waals surface area contributed by atoms with Gasteiger partial charge in [0.05, 0.1) is 10.6 Å². The van der Waals surface area contributed by atoms with E-state index in [9.17, 15) is 8.42 Å². The standard InChI is InChI=1S/C22H28N6O2S2/c1-16-13-20(25-22(23-16)26(2)3)28-11-9-27(10-12-28)14-18-15-31-21(24-18)17-5-7-19(8-6-17)32(4,29)30/h5-8,13,15H,9-12,14H2,1-4H3. The average molecular weight is 473 g/mol. The van der Waals surface area contributed by atoms with Gasteiger partial charge in [0.1, 0.15) is 10.8 Å². The lowest BCUT2D eigenvalue weighted by Gasteiger charge is -2.35. The minimum Gasteiger partial charge on any atom is -0.354 e. The lowest BCUT2D eigenvalue weighted by atomic mass is 10.2. The molecule has 1 aliphatic heterocycles. The molecule has 0 atom stereocenters. The number of benzene rings is 1. The third-order valence-electron chi connectivity index (χ3n) is 5.39. The van der Waals surface area contributed by atoms with E-state index in [-0.39, 0.29) is 0 Å². The van der Waals surface area contributed by atoms with E-state index >= 15 is 0 Å². The van der Waals surface area contributed by atoms with Crippen LogP contribution in [0.3, 0.4) is 0 Å². The lowest BCUT2D eigenvalue weighted by Crippen LogP contribution is -2.46. The van der Waals surface area contributed by atoms with Crippen LogP contribution in [-0.2, 0) is 16.4 Å². The molecule has 170 valence electrons. The number of hydrogen-bond acceptors (Lipinski definition) is 9. The molecule has 3 heterocycles. The summed E-state index contributed by atoms with van der Waals surface area (Å²) in [5.74, 6) is 1.72. The van der Waals surface area contributed by atoms with Crippen LogP contribution in [0.25, 0.3) is 10.6 Å². The molecular weight excluding hydrogens is 444 g/mol. The fraction of sp³-hybridized carbons (Fsp3) is 0.409. The highest BCUT2D eigenvalue weighted by atomic mass is 32.2. The van der Waals surface area contributed by atoms with Crippen molar-refractivity contribution >= 4 is 32.9 Å². The van der Waals surface area contributed by atoms with Crippen LogP contribution in [0.4, 0.5) is 11.8 Å². The first-order valence-corrected chi connectivity index (χ1v) is 13.2. The van der Waals surface area contributed by atoms with Crippen LogP contribution in [-0.4, -0.2) is 74.8 Å². The molecule has 0 N–H and O–H groups in total. The number of aryl methyl sites for hydroxylation is 1. The van der Waals surface area contributed by atoms with E-state index in [2.05, 4.69) is 20.2 Å². The minimum atomic E-state index is -3.19. The summed E-state index contributed by atoms with van der Waals surface area (Å²) in [7, 11) is 0.726. The number of hydrogen-bond donors (Lipinski definition) is 0. The largest absolute Gasteiger partial charge is 0.354 e. The molecule has 1 aromatic carbocycles. The summed E-state index contributed by atoms with van der Waals surface area (Å²) < 4.78 is 23.3. The van der Waals surface area contributed by atoms with Gasteiger partial charge in [0.2, 0.25) is 5.95 Å². The topological polar surface area (TPSA) is 82.5 Å². The number of thiazole rings is 1. The van der Waals surface area contributed by atoms with Crippen molar-refractivity contribution in [2.75, 3.05) is 56.3 Å². The van der Waals surface area contributed by atoms with E-state index in [1.54, 1.807) is 23.5 Å². The molecule has 2 aromatic heterocycles. The maximum absolute atomic E-state index is 11.7. The third kappa shape index (κ3) is 5.25. The van der Waals surface area contributed by atoms with Crippen molar-refractivity contribution in [3.63, 3.8) is 0 Å². The van der Waals surface area contributed by atoms with Crippen molar-refractivity contribution in [3.8, 4) is 10.6 Å². The van der Waals surface area contributed by atoms with Gasteiger partial charge in [-0.3, -0.25) is 4.90 Å². The predicted molar refractivity (Wildman–Crippen MR) is 129 cm³/mol. The lowest BCUT2D eigenvalue weighted by molar-refractivity contribution is 0.247. The Morgan fingerprint density at radius 1 is 1.03 bits per heavy atom. The molecule has 0 radical (unpaired) electrons. The number of aromatic nitrogens is 3. The van der Waals surface area contributed by atoms with Crippen molar-refractivity contribution in [1.82, 2.24) is 19.9 Å². The summed E-state index contributed by atoms with van der Waals surface area (Å²) in [6.07, 6.45) is 1.22. The molecule has 1 fully saturated rings. The Balaban J connectivity index is 1.37. The molecule has 3 aromatic rings. The minimum absolute atomic E-state index is 0.326. The molecule has 0 saturated carbocycles. The van der Waals surface area contributed by atoms with E-state index in [0.717, 1.165) is 66.4 Å². The van der Waals surface area contributed by atoms with Gasteiger partial charge in [0.15, 0.2) is 9.84 Å². The van der Waals surface area contributed by atoms with Gasteiger partial charge < -0.3 is 9.80 Å². The molecule has 1 aliphatic rings. The van der Waals surface area contributed by atoms with Crippen molar-refractivity contribution in [2.45, 2.75) is 18.4 Å². The van der Waals surface area contributed by atoms with Gasteiger partial charge in [0, 0.05) is 75.8 Å². The number of piperazine rings is 1. The number of sulfone groups is 1. The smallest absolute Gasteiger partial charge is 0.226 e. The Kier molecular flexibility index (Phi) is 6.45. The van der Waals surface area contributed by atoms with Gasteiger partial charge >= 0.3 is 0 Å². The Morgan fingerprint density at radius 2 is 1.72 bits per heavy atom. The van der Waals surface area contributed by atoms with E-state index < -0.39 is 9.84 Å². The Hall–Kier alpha value is -2.56. The van der Waals surface area contributed by atoms with Crippen LogP contribution in [0.15, 0.2) is 40.6 Å². The van der Waals surface area contributed by atoms with Crippen LogP contribution in [0, 0.1) is 6.92 Å². The van der Waals surface area contributed by atoms with Crippen LogP contribution in [0.2, 0.25) is 0 Å². The second-order valence-corrected chi connectivity index (χ2v) is 11.1. The van der Waals surface area contributed by atoms with E-state index in [1.165, 1.54) is 6.26 Å². The van der Waals surface area contributed by atoms with Crippen molar-refractivity contribution in [1.29, 1.82) is 0 Å². The molecule has 0 aliphatic carbocycles. The number of anilines is 2. The second kappa shape index (κ2) is 9.13. The summed E-state index contributed by atoms with van der Waals surface area (Å²) in [6.45, 7) is 6.51. The van der Waals surface area contributed by atoms with Crippen LogP contribution in [0.1, 0.15) is 11.4 Å². The van der Waals surface area contributed by atoms with Crippen LogP contribution >= 0.6 is 11.3 Å². The van der Waals surface area contributed by atoms with Gasteiger partial charge in [0.25, 0.3) is 0 Å². The fourth-order valence-corrected chi connectivity index (χ4v) is 5.07. The molecule has 4 rings (SSSR count). The van der Waals surface area contributed by atoms with Crippen molar-refractivity contribution in [2.24, 2.45) is 0 Å². The van der Waals surface area contributed by atoms with Gasteiger partial charge in [-0.25, -0.2) is 18.4 Å². The molecule has 8 nitrogen and oxygen atoms in total. The zero-order valence-electron chi connectivity index (χ0n) is 18.8. The third-order valence-corrected chi connectivity index (χ3v) is 7.46. The normalized spacial score (nSPS) is 15.2. The van der Waals surface area contributed by atoms with E-state index in [0.29, 0.717) is 4.90 Å². The molecule has 0 bridgehead atoms. The zero-order chi connectivity index (χ0) is 22.9. The highest BCUT2D eigenvalue weighted by Gasteiger charge is 2.20.